The normalized spacial score (nSPS) is 19.8. The largest absolute Gasteiger partial charge is 0.461 e. The summed E-state index contributed by atoms with van der Waals surface area (Å²) in [4.78, 5) is 1.19. The van der Waals surface area contributed by atoms with Gasteiger partial charge in [0.2, 0.25) is 6.23 Å². The van der Waals surface area contributed by atoms with Gasteiger partial charge in [0.05, 0.1) is 21.7 Å². The molecule has 4 aromatic rings. The van der Waals surface area contributed by atoms with E-state index in [1.807, 2.05) is 59.6 Å². The van der Waals surface area contributed by atoms with Gasteiger partial charge in [0.1, 0.15) is 11.5 Å². The molecule has 148 valence electrons. The standard InChI is InChI=1S/C24H17ClN2O2S/c25-17-8-3-1-6-15(17)21-11-12-22(28-21)24-27-19(16-7-2-4-9-20(16)29-24)14-18(26-27)23-10-5-13-30-23/h1-13,19,24H,14H2/t19-,24-/m1/s1. The van der Waals surface area contributed by atoms with Crippen LogP contribution in [0.2, 0.25) is 5.02 Å². The van der Waals surface area contributed by atoms with Crippen LogP contribution in [0.5, 0.6) is 5.75 Å². The maximum Gasteiger partial charge on any atom is 0.246 e. The Kier molecular flexibility index (Phi) is 4.18. The Bertz CT molecular complexity index is 1250. The van der Waals surface area contributed by atoms with Gasteiger partial charge < -0.3 is 9.15 Å². The summed E-state index contributed by atoms with van der Waals surface area (Å²) in [6.07, 6.45) is 0.411. The molecule has 0 fully saturated rings. The highest BCUT2D eigenvalue weighted by Gasteiger charge is 2.42. The smallest absolute Gasteiger partial charge is 0.246 e. The van der Waals surface area contributed by atoms with E-state index in [1.165, 1.54) is 4.88 Å². The highest BCUT2D eigenvalue weighted by molar-refractivity contribution is 7.12. The van der Waals surface area contributed by atoms with Gasteiger partial charge in [0, 0.05) is 17.5 Å². The fourth-order valence-electron chi connectivity index (χ4n) is 4.10. The van der Waals surface area contributed by atoms with Crippen LogP contribution in [0.15, 0.2) is 87.7 Å². The van der Waals surface area contributed by atoms with Crippen molar-refractivity contribution in [2.24, 2.45) is 5.10 Å². The molecular weight excluding hydrogens is 416 g/mol. The third-order valence-corrected chi connectivity index (χ3v) is 6.76. The van der Waals surface area contributed by atoms with Crippen molar-refractivity contribution in [1.82, 2.24) is 5.01 Å². The number of rotatable bonds is 3. The molecule has 0 radical (unpaired) electrons. The highest BCUT2D eigenvalue weighted by atomic mass is 35.5. The molecule has 4 nitrogen and oxygen atoms in total. The Labute approximate surface area is 183 Å². The Balaban J connectivity index is 1.42. The first-order valence-electron chi connectivity index (χ1n) is 9.78. The van der Waals surface area contributed by atoms with Crippen molar-refractivity contribution in [3.05, 3.63) is 99.4 Å². The average molecular weight is 433 g/mol. The van der Waals surface area contributed by atoms with Crippen LogP contribution in [-0.2, 0) is 0 Å². The molecule has 30 heavy (non-hydrogen) atoms. The number of furan rings is 1. The predicted octanol–water partition coefficient (Wildman–Crippen LogP) is 6.90. The molecule has 6 heteroatoms. The van der Waals surface area contributed by atoms with Crippen LogP contribution in [0.25, 0.3) is 11.3 Å². The highest BCUT2D eigenvalue weighted by Crippen LogP contribution is 2.48. The zero-order valence-corrected chi connectivity index (χ0v) is 17.4. The number of fused-ring (bicyclic) bond motifs is 3. The topological polar surface area (TPSA) is 38.0 Å². The van der Waals surface area contributed by atoms with Gasteiger partial charge in [-0.1, -0.05) is 48.0 Å². The lowest BCUT2D eigenvalue weighted by Gasteiger charge is -2.36. The molecule has 2 aliphatic heterocycles. The summed E-state index contributed by atoms with van der Waals surface area (Å²) in [6, 6.07) is 24.0. The van der Waals surface area contributed by atoms with Crippen LogP contribution in [-0.4, -0.2) is 10.7 Å². The van der Waals surface area contributed by atoms with Gasteiger partial charge in [0.15, 0.2) is 5.76 Å². The monoisotopic (exact) mass is 432 g/mol. The summed E-state index contributed by atoms with van der Waals surface area (Å²) >= 11 is 8.07. The summed E-state index contributed by atoms with van der Waals surface area (Å²) in [5.74, 6) is 2.30. The van der Waals surface area contributed by atoms with Gasteiger partial charge in [-0.15, -0.1) is 11.3 Å². The van der Waals surface area contributed by atoms with Gasteiger partial charge in [-0.2, -0.15) is 5.10 Å². The number of hydrazone groups is 1. The van der Waals surface area contributed by atoms with Crippen LogP contribution in [0.4, 0.5) is 0 Å². The Morgan fingerprint density at radius 1 is 0.967 bits per heavy atom. The molecule has 2 aliphatic rings. The molecule has 0 unspecified atom stereocenters. The molecule has 0 spiro atoms. The third kappa shape index (κ3) is 2.85. The first-order valence-corrected chi connectivity index (χ1v) is 11.0. The van der Waals surface area contributed by atoms with E-state index in [0.717, 1.165) is 34.8 Å². The van der Waals surface area contributed by atoms with E-state index in [2.05, 4.69) is 23.6 Å². The second-order valence-corrected chi connectivity index (χ2v) is 8.67. The first kappa shape index (κ1) is 17.8. The van der Waals surface area contributed by atoms with Gasteiger partial charge in [0.25, 0.3) is 0 Å². The fraction of sp³-hybridized carbons (Fsp3) is 0.125. The van der Waals surface area contributed by atoms with E-state index in [4.69, 9.17) is 25.9 Å². The van der Waals surface area contributed by atoms with Crippen molar-refractivity contribution in [2.45, 2.75) is 18.7 Å². The van der Waals surface area contributed by atoms with Crippen molar-refractivity contribution in [3.8, 4) is 17.1 Å². The number of nitrogens with zero attached hydrogens (tertiary/aromatic N) is 2. The SMILES string of the molecule is Clc1ccccc1-c1ccc([C@H]2Oc3ccccc3[C@H]3CC(c4cccs4)=NN32)o1. The molecule has 0 saturated carbocycles. The fourth-order valence-corrected chi connectivity index (χ4v) is 5.05. The minimum atomic E-state index is -0.432. The maximum atomic E-state index is 6.37. The van der Waals surface area contributed by atoms with Crippen LogP contribution in [0.1, 0.15) is 34.9 Å². The van der Waals surface area contributed by atoms with Crippen LogP contribution in [0, 0.1) is 0 Å². The molecule has 2 aromatic heterocycles. The Morgan fingerprint density at radius 3 is 2.70 bits per heavy atom. The van der Waals surface area contributed by atoms with E-state index in [1.54, 1.807) is 11.3 Å². The lowest BCUT2D eigenvalue weighted by atomic mass is 9.98. The number of halogens is 1. The van der Waals surface area contributed by atoms with Crippen molar-refractivity contribution in [1.29, 1.82) is 0 Å². The number of hydrogen-bond donors (Lipinski definition) is 0. The van der Waals surface area contributed by atoms with Gasteiger partial charge >= 0.3 is 0 Å². The summed E-state index contributed by atoms with van der Waals surface area (Å²) in [5, 5.41) is 9.73. The van der Waals surface area contributed by atoms with E-state index in [9.17, 15) is 0 Å². The quantitative estimate of drug-likeness (QED) is 0.353. The lowest BCUT2D eigenvalue weighted by Crippen LogP contribution is -2.33. The second-order valence-electron chi connectivity index (χ2n) is 7.31. The Morgan fingerprint density at radius 2 is 1.83 bits per heavy atom. The van der Waals surface area contributed by atoms with Gasteiger partial charge in [-0.3, -0.25) is 0 Å². The Hall–Kier alpha value is -3.02. The minimum absolute atomic E-state index is 0.117. The first-order chi connectivity index (χ1) is 14.8. The molecule has 0 bridgehead atoms. The molecule has 0 amide bonds. The molecule has 4 heterocycles. The number of para-hydroxylation sites is 1. The van der Waals surface area contributed by atoms with Crippen molar-refractivity contribution >= 4 is 28.6 Å². The number of benzene rings is 2. The number of thiophene rings is 1. The van der Waals surface area contributed by atoms with Crippen molar-refractivity contribution < 1.29 is 9.15 Å². The van der Waals surface area contributed by atoms with E-state index >= 15 is 0 Å². The second kappa shape index (κ2) is 7.04. The molecule has 0 N–H and O–H groups in total. The van der Waals surface area contributed by atoms with Crippen LogP contribution < -0.4 is 4.74 Å². The molecule has 0 saturated heterocycles. The van der Waals surface area contributed by atoms with Gasteiger partial charge in [-0.25, -0.2) is 5.01 Å². The maximum absolute atomic E-state index is 6.37. The van der Waals surface area contributed by atoms with Crippen molar-refractivity contribution in [2.75, 3.05) is 0 Å². The average Bonchev–Trinajstić information content (AvgIpc) is 3.53. The van der Waals surface area contributed by atoms with Crippen molar-refractivity contribution in [3.63, 3.8) is 0 Å². The van der Waals surface area contributed by atoms with E-state index in [0.29, 0.717) is 10.8 Å². The zero-order valence-electron chi connectivity index (χ0n) is 15.9. The van der Waals surface area contributed by atoms with E-state index in [-0.39, 0.29) is 6.04 Å². The molecule has 2 atom stereocenters. The number of hydrogen-bond acceptors (Lipinski definition) is 5. The molecule has 2 aromatic carbocycles. The van der Waals surface area contributed by atoms with Gasteiger partial charge in [-0.05, 0) is 41.8 Å². The van der Waals surface area contributed by atoms with E-state index < -0.39 is 6.23 Å². The van der Waals surface area contributed by atoms with Crippen LogP contribution in [0.3, 0.4) is 0 Å². The third-order valence-electron chi connectivity index (χ3n) is 5.51. The minimum Gasteiger partial charge on any atom is -0.461 e. The summed E-state index contributed by atoms with van der Waals surface area (Å²) in [7, 11) is 0. The molecule has 6 rings (SSSR count). The summed E-state index contributed by atoms with van der Waals surface area (Å²) < 4.78 is 12.6. The summed E-state index contributed by atoms with van der Waals surface area (Å²) in [6.45, 7) is 0. The molecular formula is C24H17ClN2O2S. The zero-order chi connectivity index (χ0) is 20.1. The lowest BCUT2D eigenvalue weighted by molar-refractivity contribution is -0.0321. The number of ether oxygens (including phenoxy) is 1. The summed E-state index contributed by atoms with van der Waals surface area (Å²) in [5.41, 5.74) is 3.10. The van der Waals surface area contributed by atoms with Crippen LogP contribution >= 0.6 is 22.9 Å². The molecule has 0 aliphatic carbocycles. The predicted molar refractivity (Wildman–Crippen MR) is 119 cm³/mol.